The van der Waals surface area contributed by atoms with Crippen molar-refractivity contribution in [3.8, 4) is 5.75 Å². The van der Waals surface area contributed by atoms with Crippen LogP contribution in [0.1, 0.15) is 46.6 Å². The highest BCUT2D eigenvalue weighted by Crippen LogP contribution is 2.38. The Balaban J connectivity index is 1.70. The number of rotatable bonds is 6. The number of aryl methyl sites for hydroxylation is 2. The van der Waals surface area contributed by atoms with Crippen molar-refractivity contribution in [2.24, 2.45) is 5.73 Å². The van der Waals surface area contributed by atoms with E-state index < -0.39 is 12.0 Å². The molecule has 3 N–H and O–H groups in total. The number of benzene rings is 1. The van der Waals surface area contributed by atoms with Gasteiger partial charge in [0.2, 0.25) is 0 Å². The van der Waals surface area contributed by atoms with E-state index in [2.05, 4.69) is 12.2 Å². The Morgan fingerprint density at radius 3 is 2.64 bits per heavy atom. The lowest BCUT2D eigenvalue weighted by Gasteiger charge is -2.15. The Bertz CT molecular complexity index is 796. The molecule has 0 radical (unpaired) electrons. The van der Waals surface area contributed by atoms with Crippen LogP contribution in [0.25, 0.3) is 0 Å². The number of thiophene rings is 1. The monoisotopic (exact) mass is 358 g/mol. The molecule has 0 fully saturated rings. The molecule has 1 atom stereocenters. The predicted octanol–water partition coefficient (Wildman–Crippen LogP) is 3.30. The van der Waals surface area contributed by atoms with Gasteiger partial charge in [-0.2, -0.15) is 0 Å². The minimum Gasteiger partial charge on any atom is -0.481 e. The lowest BCUT2D eigenvalue weighted by molar-refractivity contribution is -0.122. The van der Waals surface area contributed by atoms with E-state index in [-0.39, 0.29) is 5.91 Å². The summed E-state index contributed by atoms with van der Waals surface area (Å²) in [6, 6.07) is 7.68. The van der Waals surface area contributed by atoms with Crippen molar-refractivity contribution < 1.29 is 14.3 Å². The average Bonchev–Trinajstić information content (AvgIpc) is 3.15. The fourth-order valence-corrected chi connectivity index (χ4v) is 4.33. The van der Waals surface area contributed by atoms with Crippen LogP contribution in [0.2, 0.25) is 0 Å². The predicted molar refractivity (Wildman–Crippen MR) is 99.4 cm³/mol. The molecule has 1 aliphatic carbocycles. The quantitative estimate of drug-likeness (QED) is 0.831. The molecule has 132 valence electrons. The molecule has 25 heavy (non-hydrogen) atoms. The number of hydrogen-bond donors (Lipinski definition) is 2. The second-order valence-corrected chi connectivity index (χ2v) is 7.28. The van der Waals surface area contributed by atoms with Crippen molar-refractivity contribution in [2.75, 3.05) is 5.32 Å². The zero-order valence-electron chi connectivity index (χ0n) is 14.4. The molecule has 0 saturated carbocycles. The van der Waals surface area contributed by atoms with Gasteiger partial charge in [0.15, 0.2) is 6.10 Å². The van der Waals surface area contributed by atoms with E-state index in [0.717, 1.165) is 36.1 Å². The Labute approximate surface area is 151 Å². The number of anilines is 1. The third-order valence-corrected chi connectivity index (χ3v) is 5.63. The van der Waals surface area contributed by atoms with Crippen LogP contribution < -0.4 is 15.8 Å². The van der Waals surface area contributed by atoms with Crippen LogP contribution in [-0.2, 0) is 24.1 Å². The summed E-state index contributed by atoms with van der Waals surface area (Å²) in [7, 11) is 0. The number of carbonyl (C=O) groups is 2. The number of amides is 2. The van der Waals surface area contributed by atoms with E-state index in [1.165, 1.54) is 16.9 Å². The van der Waals surface area contributed by atoms with Crippen LogP contribution in [0, 0.1) is 0 Å². The third-order valence-electron chi connectivity index (χ3n) is 4.42. The molecular weight excluding hydrogens is 336 g/mol. The van der Waals surface area contributed by atoms with Crippen LogP contribution in [0.15, 0.2) is 24.3 Å². The summed E-state index contributed by atoms with van der Waals surface area (Å²) in [5.74, 6) is -0.135. The van der Waals surface area contributed by atoms with Gasteiger partial charge in [0.25, 0.3) is 11.8 Å². The van der Waals surface area contributed by atoms with Gasteiger partial charge in [0.1, 0.15) is 10.8 Å². The summed E-state index contributed by atoms with van der Waals surface area (Å²) in [6.07, 6.45) is 3.09. The van der Waals surface area contributed by atoms with E-state index in [0.29, 0.717) is 16.3 Å². The highest BCUT2D eigenvalue weighted by molar-refractivity contribution is 7.17. The van der Waals surface area contributed by atoms with E-state index in [9.17, 15) is 9.59 Å². The minimum absolute atomic E-state index is 0.290. The zero-order chi connectivity index (χ0) is 18.0. The molecule has 1 aliphatic rings. The van der Waals surface area contributed by atoms with Gasteiger partial charge in [-0.15, -0.1) is 11.3 Å². The standard InChI is InChI=1S/C19H22N2O3S/c1-3-12-7-9-13(10-8-12)24-11(2)18(23)21-19-16(17(20)22)14-5-4-6-15(14)25-19/h7-11H,3-6H2,1-2H3,(H2,20,22)(H,21,23)/t11-/m1/s1. The maximum Gasteiger partial charge on any atom is 0.265 e. The van der Waals surface area contributed by atoms with Crippen molar-refractivity contribution in [1.29, 1.82) is 0 Å². The number of nitrogens with one attached hydrogen (secondary N) is 1. The summed E-state index contributed by atoms with van der Waals surface area (Å²) in [6.45, 7) is 3.77. The molecular formula is C19H22N2O3S. The first-order valence-corrected chi connectivity index (χ1v) is 9.32. The summed E-state index contributed by atoms with van der Waals surface area (Å²) in [5, 5.41) is 3.36. The lowest BCUT2D eigenvalue weighted by atomic mass is 10.1. The molecule has 5 nitrogen and oxygen atoms in total. The highest BCUT2D eigenvalue weighted by Gasteiger charge is 2.27. The Morgan fingerprint density at radius 2 is 2.00 bits per heavy atom. The van der Waals surface area contributed by atoms with Gasteiger partial charge < -0.3 is 15.8 Å². The van der Waals surface area contributed by atoms with Gasteiger partial charge >= 0.3 is 0 Å². The zero-order valence-corrected chi connectivity index (χ0v) is 15.2. The largest absolute Gasteiger partial charge is 0.481 e. The van der Waals surface area contributed by atoms with Gasteiger partial charge in [-0.05, 0) is 55.9 Å². The summed E-state index contributed by atoms with van der Waals surface area (Å²) >= 11 is 1.45. The maximum absolute atomic E-state index is 12.5. The molecule has 6 heteroatoms. The lowest BCUT2D eigenvalue weighted by Crippen LogP contribution is -2.30. The van der Waals surface area contributed by atoms with Crippen molar-refractivity contribution in [3.63, 3.8) is 0 Å². The topological polar surface area (TPSA) is 81.4 Å². The molecule has 3 rings (SSSR count). The molecule has 0 aliphatic heterocycles. The summed E-state index contributed by atoms with van der Waals surface area (Å²) in [5.41, 5.74) is 8.19. The number of fused-ring (bicyclic) bond motifs is 1. The van der Waals surface area contributed by atoms with Crippen molar-refractivity contribution >= 4 is 28.2 Å². The number of nitrogens with two attached hydrogens (primary N) is 1. The second kappa shape index (κ2) is 7.27. The van der Waals surface area contributed by atoms with Gasteiger partial charge in [0, 0.05) is 4.88 Å². The molecule has 1 aromatic carbocycles. The second-order valence-electron chi connectivity index (χ2n) is 6.17. The molecule has 0 saturated heterocycles. The normalized spacial score (nSPS) is 14.0. The van der Waals surface area contributed by atoms with E-state index in [1.54, 1.807) is 6.92 Å². The van der Waals surface area contributed by atoms with Gasteiger partial charge in [-0.1, -0.05) is 19.1 Å². The first-order chi connectivity index (χ1) is 12.0. The van der Waals surface area contributed by atoms with Crippen molar-refractivity contribution in [1.82, 2.24) is 0 Å². The van der Waals surface area contributed by atoms with Crippen LogP contribution in [0.4, 0.5) is 5.00 Å². The Kier molecular flexibility index (Phi) is 5.08. The molecule has 1 heterocycles. The van der Waals surface area contributed by atoms with Crippen molar-refractivity contribution in [3.05, 3.63) is 45.8 Å². The fourth-order valence-electron chi connectivity index (χ4n) is 3.03. The maximum atomic E-state index is 12.5. The van der Waals surface area contributed by atoms with Crippen LogP contribution in [0.5, 0.6) is 5.75 Å². The van der Waals surface area contributed by atoms with Gasteiger partial charge in [-0.3, -0.25) is 9.59 Å². The number of primary amides is 1. The fraction of sp³-hybridized carbons (Fsp3) is 0.368. The first kappa shape index (κ1) is 17.5. The SMILES string of the molecule is CCc1ccc(O[C@H](C)C(=O)Nc2sc3c(c2C(N)=O)CCC3)cc1. The minimum atomic E-state index is -0.676. The Hall–Kier alpha value is -2.34. The molecule has 2 amide bonds. The molecule has 0 spiro atoms. The van der Waals surface area contributed by atoms with E-state index in [1.807, 2.05) is 24.3 Å². The van der Waals surface area contributed by atoms with E-state index >= 15 is 0 Å². The first-order valence-electron chi connectivity index (χ1n) is 8.50. The molecule has 1 aromatic heterocycles. The number of carbonyl (C=O) groups excluding carboxylic acids is 2. The highest BCUT2D eigenvalue weighted by atomic mass is 32.1. The van der Waals surface area contributed by atoms with Gasteiger partial charge in [-0.25, -0.2) is 0 Å². The van der Waals surface area contributed by atoms with Crippen molar-refractivity contribution in [2.45, 2.75) is 45.6 Å². The molecule has 2 aromatic rings. The number of ether oxygens (including phenoxy) is 1. The third kappa shape index (κ3) is 3.69. The van der Waals surface area contributed by atoms with Gasteiger partial charge in [0.05, 0.1) is 5.56 Å². The molecule has 0 bridgehead atoms. The summed E-state index contributed by atoms with van der Waals surface area (Å²) < 4.78 is 5.70. The van der Waals surface area contributed by atoms with Crippen LogP contribution >= 0.6 is 11.3 Å². The average molecular weight is 358 g/mol. The summed E-state index contributed by atoms with van der Waals surface area (Å²) in [4.78, 5) is 25.4. The van der Waals surface area contributed by atoms with Crippen LogP contribution in [-0.4, -0.2) is 17.9 Å². The molecule has 0 unspecified atom stereocenters. The van der Waals surface area contributed by atoms with Crippen LogP contribution in [0.3, 0.4) is 0 Å². The smallest absolute Gasteiger partial charge is 0.265 e. The van der Waals surface area contributed by atoms with E-state index in [4.69, 9.17) is 10.5 Å². The number of hydrogen-bond acceptors (Lipinski definition) is 4. The Morgan fingerprint density at radius 1 is 1.28 bits per heavy atom.